The fourth-order valence-electron chi connectivity index (χ4n) is 2.80. The lowest BCUT2D eigenvalue weighted by molar-refractivity contribution is -0.128. The number of aliphatic hydroxyl groups excluding tert-OH is 1. The van der Waals surface area contributed by atoms with Crippen LogP contribution >= 0.6 is 0 Å². The summed E-state index contributed by atoms with van der Waals surface area (Å²) in [6.45, 7) is 3.98. The maximum Gasteiger partial charge on any atom is 0.324 e. The van der Waals surface area contributed by atoms with Gasteiger partial charge in [0.15, 0.2) is 11.5 Å². The van der Waals surface area contributed by atoms with Crippen LogP contribution in [0.2, 0.25) is 0 Å². The Morgan fingerprint density at radius 2 is 2.08 bits per heavy atom. The van der Waals surface area contributed by atoms with E-state index in [1.807, 2.05) is 13.8 Å². The van der Waals surface area contributed by atoms with Gasteiger partial charge in [-0.1, -0.05) is 13.8 Å². The first-order valence-corrected chi connectivity index (χ1v) is 8.26. The van der Waals surface area contributed by atoms with Crippen molar-refractivity contribution < 1.29 is 28.9 Å². The Bertz CT molecular complexity index is 663. The molecule has 2 heterocycles. The number of rotatable bonds is 7. The summed E-state index contributed by atoms with van der Waals surface area (Å²) in [7, 11) is 0. The summed E-state index contributed by atoms with van der Waals surface area (Å²) in [6, 6.07) is 4.10. The first-order chi connectivity index (χ1) is 11.9. The maximum atomic E-state index is 12.2. The van der Waals surface area contributed by atoms with Gasteiger partial charge in [0.25, 0.3) is 5.91 Å². The van der Waals surface area contributed by atoms with Crippen molar-refractivity contribution in [1.29, 1.82) is 0 Å². The van der Waals surface area contributed by atoms with E-state index >= 15 is 0 Å². The fourth-order valence-corrected chi connectivity index (χ4v) is 2.80. The van der Waals surface area contributed by atoms with Crippen LogP contribution in [0.3, 0.4) is 0 Å². The molecule has 3 amide bonds. The normalized spacial score (nSPS) is 20.2. The number of fused-ring (bicyclic) bond motifs is 1. The number of nitrogens with zero attached hydrogens (tertiary/aromatic N) is 1. The molecule has 0 spiro atoms. The van der Waals surface area contributed by atoms with Crippen molar-refractivity contribution in [2.45, 2.75) is 32.4 Å². The molecule has 2 aliphatic rings. The molecule has 1 fully saturated rings. The molecule has 0 bridgehead atoms. The minimum atomic E-state index is -0.988. The molecule has 2 aliphatic heterocycles. The summed E-state index contributed by atoms with van der Waals surface area (Å²) in [5.41, 5.74) is 0. The molecule has 2 atom stereocenters. The zero-order valence-electron chi connectivity index (χ0n) is 14.2. The molecule has 1 saturated heterocycles. The zero-order valence-corrected chi connectivity index (χ0v) is 14.2. The molecule has 8 nitrogen and oxygen atoms in total. The van der Waals surface area contributed by atoms with Gasteiger partial charge < -0.3 is 24.6 Å². The SMILES string of the molecule is CC(C)C[C@@H]1NC(=O)N(C[C@@H](O)COc2ccc3c(c2)OCO3)C1=O. The van der Waals surface area contributed by atoms with Gasteiger partial charge >= 0.3 is 6.03 Å². The highest BCUT2D eigenvalue weighted by Gasteiger charge is 2.38. The van der Waals surface area contributed by atoms with Crippen molar-refractivity contribution in [2.75, 3.05) is 19.9 Å². The molecule has 3 rings (SSSR count). The third-order valence-corrected chi connectivity index (χ3v) is 3.99. The third-order valence-electron chi connectivity index (χ3n) is 3.99. The summed E-state index contributed by atoms with van der Waals surface area (Å²) in [6.07, 6.45) is -0.414. The number of carbonyl (C=O) groups is 2. The van der Waals surface area contributed by atoms with Gasteiger partial charge in [-0.2, -0.15) is 0 Å². The number of β-amino-alcohol motifs (C(OH)–C–C–N with tert-alkyl or cyclic N) is 1. The van der Waals surface area contributed by atoms with E-state index in [0.29, 0.717) is 23.7 Å². The first kappa shape index (κ1) is 17.3. The second-order valence-electron chi connectivity index (χ2n) is 6.56. The number of benzene rings is 1. The summed E-state index contributed by atoms with van der Waals surface area (Å²) >= 11 is 0. The molecular weight excluding hydrogens is 328 g/mol. The van der Waals surface area contributed by atoms with E-state index in [-0.39, 0.29) is 31.8 Å². The van der Waals surface area contributed by atoms with Crippen molar-refractivity contribution in [3.63, 3.8) is 0 Å². The highest BCUT2D eigenvalue weighted by Crippen LogP contribution is 2.35. The lowest BCUT2D eigenvalue weighted by atomic mass is 10.0. The summed E-state index contributed by atoms with van der Waals surface area (Å²) < 4.78 is 16.0. The van der Waals surface area contributed by atoms with Gasteiger partial charge in [-0.05, 0) is 24.5 Å². The van der Waals surface area contributed by atoms with Crippen LogP contribution in [0.15, 0.2) is 18.2 Å². The number of amides is 3. The number of aliphatic hydroxyl groups is 1. The van der Waals surface area contributed by atoms with Crippen LogP contribution in [0, 0.1) is 5.92 Å². The van der Waals surface area contributed by atoms with E-state index in [0.717, 1.165) is 4.90 Å². The molecular formula is C17H22N2O6. The lowest BCUT2D eigenvalue weighted by Gasteiger charge is -2.18. The number of hydrogen-bond donors (Lipinski definition) is 2. The number of nitrogens with one attached hydrogen (secondary N) is 1. The average Bonchev–Trinajstić information content (AvgIpc) is 3.12. The Morgan fingerprint density at radius 1 is 1.32 bits per heavy atom. The van der Waals surface area contributed by atoms with Crippen molar-refractivity contribution >= 4 is 11.9 Å². The predicted octanol–water partition coefficient (Wildman–Crippen LogP) is 1.12. The number of ether oxygens (including phenoxy) is 3. The number of urea groups is 1. The Kier molecular flexibility index (Phi) is 4.98. The Hall–Kier alpha value is -2.48. The second kappa shape index (κ2) is 7.18. The van der Waals surface area contributed by atoms with Gasteiger partial charge in [0, 0.05) is 6.07 Å². The van der Waals surface area contributed by atoms with E-state index in [1.165, 1.54) is 0 Å². The number of hydrogen-bond acceptors (Lipinski definition) is 6. The van der Waals surface area contributed by atoms with Crippen molar-refractivity contribution in [2.24, 2.45) is 5.92 Å². The van der Waals surface area contributed by atoms with E-state index in [2.05, 4.69) is 5.32 Å². The molecule has 0 aliphatic carbocycles. The smallest absolute Gasteiger partial charge is 0.324 e. The van der Waals surface area contributed by atoms with Crippen LogP contribution in [-0.4, -0.2) is 54.0 Å². The largest absolute Gasteiger partial charge is 0.491 e. The topological polar surface area (TPSA) is 97.3 Å². The van der Waals surface area contributed by atoms with Gasteiger partial charge in [0.05, 0.1) is 6.54 Å². The van der Waals surface area contributed by atoms with E-state index < -0.39 is 18.2 Å². The third kappa shape index (κ3) is 3.96. The Morgan fingerprint density at radius 3 is 2.84 bits per heavy atom. The summed E-state index contributed by atoms with van der Waals surface area (Å²) in [5.74, 6) is 1.72. The molecule has 0 unspecified atom stereocenters. The van der Waals surface area contributed by atoms with Crippen molar-refractivity contribution in [3.05, 3.63) is 18.2 Å². The van der Waals surface area contributed by atoms with Gasteiger partial charge in [-0.25, -0.2) is 4.79 Å². The maximum absolute atomic E-state index is 12.2. The quantitative estimate of drug-likeness (QED) is 0.715. The van der Waals surface area contributed by atoms with Crippen LogP contribution in [0.1, 0.15) is 20.3 Å². The molecule has 1 aromatic rings. The monoisotopic (exact) mass is 350 g/mol. The molecule has 0 saturated carbocycles. The number of imide groups is 1. The summed E-state index contributed by atoms with van der Waals surface area (Å²) in [5, 5.41) is 12.8. The van der Waals surface area contributed by atoms with Crippen LogP contribution in [-0.2, 0) is 4.79 Å². The first-order valence-electron chi connectivity index (χ1n) is 8.26. The van der Waals surface area contributed by atoms with Crippen LogP contribution in [0.5, 0.6) is 17.2 Å². The molecule has 1 aromatic carbocycles. The Balaban J connectivity index is 1.51. The lowest BCUT2D eigenvalue weighted by Crippen LogP contribution is -2.40. The molecule has 2 N–H and O–H groups in total. The van der Waals surface area contributed by atoms with Crippen LogP contribution in [0.25, 0.3) is 0 Å². The van der Waals surface area contributed by atoms with Crippen molar-refractivity contribution in [1.82, 2.24) is 10.2 Å². The van der Waals surface area contributed by atoms with Gasteiger partial charge in [0.2, 0.25) is 6.79 Å². The molecule has 25 heavy (non-hydrogen) atoms. The minimum Gasteiger partial charge on any atom is -0.491 e. The van der Waals surface area contributed by atoms with Gasteiger partial charge in [0.1, 0.15) is 24.5 Å². The van der Waals surface area contributed by atoms with E-state index in [1.54, 1.807) is 18.2 Å². The van der Waals surface area contributed by atoms with Crippen LogP contribution in [0.4, 0.5) is 4.79 Å². The second-order valence-corrected chi connectivity index (χ2v) is 6.56. The van der Waals surface area contributed by atoms with Gasteiger partial charge in [-0.15, -0.1) is 0 Å². The van der Waals surface area contributed by atoms with Crippen LogP contribution < -0.4 is 19.5 Å². The highest BCUT2D eigenvalue weighted by atomic mass is 16.7. The Labute approximate surface area is 145 Å². The molecule has 136 valence electrons. The predicted molar refractivity (Wildman–Crippen MR) is 87.6 cm³/mol. The fraction of sp³-hybridized carbons (Fsp3) is 0.529. The molecule has 0 radical (unpaired) electrons. The molecule has 0 aromatic heterocycles. The van der Waals surface area contributed by atoms with E-state index in [9.17, 15) is 14.7 Å². The standard InChI is InChI=1S/C17H22N2O6/c1-10(2)5-13-16(21)19(17(22)18-13)7-11(20)8-23-12-3-4-14-15(6-12)25-9-24-14/h3-4,6,10-11,13,20H,5,7-9H2,1-2H3,(H,18,22)/t11-,13+/m1/s1. The zero-order chi connectivity index (χ0) is 18.0. The number of carbonyl (C=O) groups excluding carboxylic acids is 2. The molecule has 8 heteroatoms. The summed E-state index contributed by atoms with van der Waals surface area (Å²) in [4.78, 5) is 25.2. The average molecular weight is 350 g/mol. The minimum absolute atomic E-state index is 0.0500. The van der Waals surface area contributed by atoms with Crippen molar-refractivity contribution in [3.8, 4) is 17.2 Å². The van der Waals surface area contributed by atoms with E-state index in [4.69, 9.17) is 14.2 Å². The van der Waals surface area contributed by atoms with Gasteiger partial charge in [-0.3, -0.25) is 9.69 Å². The highest BCUT2D eigenvalue weighted by molar-refractivity contribution is 6.04.